The zero-order chi connectivity index (χ0) is 17.4. The van der Waals surface area contributed by atoms with Crippen LogP contribution in [0.4, 0.5) is 4.79 Å². The molecule has 2 fully saturated rings. The Morgan fingerprint density at radius 3 is 2.52 bits per heavy atom. The van der Waals surface area contributed by atoms with E-state index in [2.05, 4.69) is 4.74 Å². The molecule has 8 nitrogen and oxygen atoms in total. The van der Waals surface area contributed by atoms with Gasteiger partial charge in [-0.1, -0.05) is 0 Å². The van der Waals surface area contributed by atoms with Gasteiger partial charge in [-0.15, -0.1) is 0 Å². The van der Waals surface area contributed by atoms with Crippen LogP contribution in [0.2, 0.25) is 0 Å². The van der Waals surface area contributed by atoms with Gasteiger partial charge in [-0.05, 0) is 33.6 Å². The number of carbonyl (C=O) groups is 3. The maximum atomic E-state index is 12.6. The Labute approximate surface area is 135 Å². The number of methoxy groups -OCH3 is 1. The number of likely N-dealkylation sites (tertiary alicyclic amines) is 2. The second-order valence-electron chi connectivity index (χ2n) is 6.92. The van der Waals surface area contributed by atoms with Gasteiger partial charge >= 0.3 is 12.1 Å². The monoisotopic (exact) mass is 328 g/mol. The van der Waals surface area contributed by atoms with Gasteiger partial charge < -0.3 is 19.5 Å². The second-order valence-corrected chi connectivity index (χ2v) is 6.92. The fourth-order valence-corrected chi connectivity index (χ4v) is 3.13. The zero-order valence-corrected chi connectivity index (χ0v) is 14.0. The lowest BCUT2D eigenvalue weighted by molar-refractivity contribution is -0.174. The molecule has 130 valence electrons. The van der Waals surface area contributed by atoms with Crippen LogP contribution in [0.15, 0.2) is 0 Å². The lowest BCUT2D eigenvalue weighted by Crippen LogP contribution is -2.76. The zero-order valence-electron chi connectivity index (χ0n) is 14.0. The van der Waals surface area contributed by atoms with Gasteiger partial charge in [0.15, 0.2) is 6.04 Å². The molecule has 2 heterocycles. The summed E-state index contributed by atoms with van der Waals surface area (Å²) >= 11 is 0. The Bertz CT molecular complexity index is 515. The number of nitrogens with zero attached hydrogens (tertiary/aromatic N) is 2. The Hall–Kier alpha value is -1.83. The van der Waals surface area contributed by atoms with E-state index in [1.807, 2.05) is 0 Å². The number of aliphatic hydroxyl groups excluding tert-OH is 1. The third-order valence-corrected chi connectivity index (χ3v) is 4.22. The number of ether oxygens (including phenoxy) is 2. The van der Waals surface area contributed by atoms with Crippen molar-refractivity contribution >= 4 is 18.0 Å². The molecule has 2 amide bonds. The highest BCUT2D eigenvalue weighted by molar-refractivity contribution is 5.99. The van der Waals surface area contributed by atoms with E-state index < -0.39 is 35.9 Å². The number of aliphatic hydroxyl groups is 1. The molecule has 8 heteroatoms. The first-order chi connectivity index (χ1) is 10.7. The van der Waals surface area contributed by atoms with Crippen molar-refractivity contribution in [3.63, 3.8) is 0 Å². The number of β-lactam (4-membered cyclic amide) rings is 1. The number of amides is 2. The van der Waals surface area contributed by atoms with Gasteiger partial charge in [0.25, 0.3) is 5.91 Å². The Balaban J connectivity index is 2.13. The van der Waals surface area contributed by atoms with E-state index in [-0.39, 0.29) is 12.5 Å². The van der Waals surface area contributed by atoms with E-state index in [0.717, 1.165) is 0 Å². The molecule has 0 aromatic rings. The van der Waals surface area contributed by atoms with Crippen LogP contribution in [0.3, 0.4) is 0 Å². The maximum Gasteiger partial charge on any atom is 0.411 e. The first-order valence-corrected chi connectivity index (χ1v) is 7.66. The van der Waals surface area contributed by atoms with E-state index in [1.54, 1.807) is 20.8 Å². The van der Waals surface area contributed by atoms with Gasteiger partial charge in [-0.2, -0.15) is 0 Å². The van der Waals surface area contributed by atoms with Gasteiger partial charge in [0.1, 0.15) is 11.1 Å². The molecule has 0 bridgehead atoms. The minimum absolute atomic E-state index is 0.200. The maximum absolute atomic E-state index is 12.6. The van der Waals surface area contributed by atoms with Crippen LogP contribution >= 0.6 is 0 Å². The average molecular weight is 328 g/mol. The summed E-state index contributed by atoms with van der Waals surface area (Å²) in [6.45, 7) is 5.42. The van der Waals surface area contributed by atoms with Crippen LogP contribution in [-0.2, 0) is 19.1 Å². The van der Waals surface area contributed by atoms with E-state index in [9.17, 15) is 19.5 Å². The number of hydrogen-bond donors (Lipinski definition) is 1. The molecule has 23 heavy (non-hydrogen) atoms. The molecule has 2 aliphatic rings. The fourth-order valence-electron chi connectivity index (χ4n) is 3.13. The molecular formula is C15H24N2O6. The number of rotatable bonds is 3. The minimum atomic E-state index is -1.03. The molecule has 2 aliphatic heterocycles. The highest BCUT2D eigenvalue weighted by Gasteiger charge is 2.62. The van der Waals surface area contributed by atoms with Crippen molar-refractivity contribution in [1.82, 2.24) is 9.80 Å². The third-order valence-electron chi connectivity index (χ3n) is 4.22. The summed E-state index contributed by atoms with van der Waals surface area (Å²) in [5.41, 5.74) is -1.60. The predicted octanol–water partition coefficient (Wildman–Crippen LogP) is 0.132. The summed E-state index contributed by atoms with van der Waals surface area (Å²) in [4.78, 5) is 39.3. The first-order valence-electron chi connectivity index (χ1n) is 7.66. The van der Waals surface area contributed by atoms with Crippen molar-refractivity contribution in [3.8, 4) is 0 Å². The molecule has 0 aromatic carbocycles. The van der Waals surface area contributed by atoms with Crippen molar-refractivity contribution in [2.45, 2.75) is 50.8 Å². The number of carbonyl (C=O) groups excluding carboxylic acids is 3. The van der Waals surface area contributed by atoms with Crippen LogP contribution in [0.25, 0.3) is 0 Å². The largest absolute Gasteiger partial charge is 0.467 e. The molecule has 0 saturated carbocycles. The van der Waals surface area contributed by atoms with Gasteiger partial charge in [-0.3, -0.25) is 9.69 Å². The van der Waals surface area contributed by atoms with Crippen LogP contribution < -0.4 is 0 Å². The second kappa shape index (κ2) is 5.99. The highest BCUT2D eigenvalue weighted by atomic mass is 16.6. The Morgan fingerprint density at radius 2 is 2.04 bits per heavy atom. The van der Waals surface area contributed by atoms with Crippen LogP contribution in [0.1, 0.15) is 33.6 Å². The van der Waals surface area contributed by atoms with Crippen molar-refractivity contribution in [2.75, 3.05) is 26.8 Å². The average Bonchev–Trinajstić information content (AvgIpc) is 2.91. The summed E-state index contributed by atoms with van der Waals surface area (Å²) in [7, 11) is 1.20. The summed E-state index contributed by atoms with van der Waals surface area (Å²) in [5, 5.41) is 9.34. The van der Waals surface area contributed by atoms with Crippen molar-refractivity contribution in [3.05, 3.63) is 0 Å². The minimum Gasteiger partial charge on any atom is -0.467 e. The van der Waals surface area contributed by atoms with Gasteiger partial charge in [0, 0.05) is 6.54 Å². The van der Waals surface area contributed by atoms with Crippen molar-refractivity contribution in [2.24, 2.45) is 0 Å². The molecular weight excluding hydrogens is 304 g/mol. The summed E-state index contributed by atoms with van der Waals surface area (Å²) < 4.78 is 9.97. The smallest absolute Gasteiger partial charge is 0.411 e. The number of esters is 1. The van der Waals surface area contributed by atoms with Crippen LogP contribution in [0.5, 0.6) is 0 Å². The molecule has 2 unspecified atom stereocenters. The predicted molar refractivity (Wildman–Crippen MR) is 79.5 cm³/mol. The molecule has 1 spiro atoms. The standard InChI is InChI=1S/C15H24N2O6/c1-14(2,3)23-13(21)17-7-5-6-15(17)9-16(12(15)20)10(8-18)11(19)22-4/h10,18H,5-9H2,1-4H3. The summed E-state index contributed by atoms with van der Waals surface area (Å²) in [5.74, 6) is -1.01. The van der Waals surface area contributed by atoms with E-state index in [1.165, 1.54) is 16.9 Å². The molecule has 2 atom stereocenters. The third kappa shape index (κ3) is 2.99. The van der Waals surface area contributed by atoms with Gasteiger partial charge in [-0.25, -0.2) is 9.59 Å². The molecule has 0 aromatic heterocycles. The molecule has 2 rings (SSSR count). The van der Waals surface area contributed by atoms with E-state index in [4.69, 9.17) is 4.74 Å². The molecule has 0 aliphatic carbocycles. The molecule has 2 saturated heterocycles. The fraction of sp³-hybridized carbons (Fsp3) is 0.800. The van der Waals surface area contributed by atoms with E-state index in [0.29, 0.717) is 19.4 Å². The lowest BCUT2D eigenvalue weighted by atomic mass is 9.84. The summed E-state index contributed by atoms with van der Waals surface area (Å²) in [6, 6.07) is -1.03. The molecule has 1 N–H and O–H groups in total. The lowest BCUT2D eigenvalue weighted by Gasteiger charge is -2.52. The van der Waals surface area contributed by atoms with Crippen molar-refractivity contribution < 1.29 is 29.0 Å². The van der Waals surface area contributed by atoms with Gasteiger partial charge in [0.2, 0.25) is 0 Å². The van der Waals surface area contributed by atoms with Crippen molar-refractivity contribution in [1.29, 1.82) is 0 Å². The van der Waals surface area contributed by atoms with Crippen LogP contribution in [0, 0.1) is 0 Å². The Kier molecular flexibility index (Phi) is 4.57. The normalized spacial score (nSPS) is 25.3. The first kappa shape index (κ1) is 17.5. The topological polar surface area (TPSA) is 96.4 Å². The molecule has 0 radical (unpaired) electrons. The van der Waals surface area contributed by atoms with Gasteiger partial charge in [0.05, 0.1) is 20.3 Å². The SMILES string of the molecule is COC(=O)C(CO)N1CC2(CCCN2C(=O)OC(C)(C)C)C1=O. The van der Waals surface area contributed by atoms with Crippen LogP contribution in [-0.4, -0.2) is 76.9 Å². The summed E-state index contributed by atoms with van der Waals surface area (Å²) in [6.07, 6.45) is 0.698. The number of hydrogen-bond acceptors (Lipinski definition) is 6. The highest BCUT2D eigenvalue weighted by Crippen LogP contribution is 2.40. The van der Waals surface area contributed by atoms with E-state index >= 15 is 0 Å². The quantitative estimate of drug-likeness (QED) is 0.584. The Morgan fingerprint density at radius 1 is 1.39 bits per heavy atom.